The summed E-state index contributed by atoms with van der Waals surface area (Å²) in [7, 11) is 1.64. The van der Waals surface area contributed by atoms with E-state index in [1.54, 1.807) is 7.11 Å². The first-order chi connectivity index (χ1) is 8.56. The van der Waals surface area contributed by atoms with Gasteiger partial charge in [-0.15, -0.1) is 0 Å². The number of hydrogen-bond donors (Lipinski definition) is 2. The molecule has 0 saturated carbocycles. The van der Waals surface area contributed by atoms with E-state index in [4.69, 9.17) is 4.74 Å². The Morgan fingerprint density at radius 3 is 2.28 bits per heavy atom. The predicted octanol–water partition coefficient (Wildman–Crippen LogP) is 2.25. The van der Waals surface area contributed by atoms with Crippen molar-refractivity contribution >= 4 is 0 Å². The zero-order valence-corrected chi connectivity index (χ0v) is 11.5. The Hall–Kier alpha value is -1.06. The molecule has 1 aromatic rings. The van der Waals surface area contributed by atoms with Crippen LogP contribution in [0.4, 0.5) is 0 Å². The van der Waals surface area contributed by atoms with Gasteiger partial charge in [0.1, 0.15) is 5.75 Å². The molecule has 0 spiro atoms. The van der Waals surface area contributed by atoms with Gasteiger partial charge in [-0.2, -0.15) is 0 Å². The van der Waals surface area contributed by atoms with Crippen LogP contribution in [0.25, 0.3) is 0 Å². The Morgan fingerprint density at radius 1 is 1.17 bits per heavy atom. The first-order valence-corrected chi connectivity index (χ1v) is 6.40. The van der Waals surface area contributed by atoms with E-state index in [0.29, 0.717) is 12.3 Å². The molecule has 0 aliphatic heterocycles. The van der Waals surface area contributed by atoms with E-state index < -0.39 is 5.41 Å². The Labute approximate surface area is 109 Å². The minimum Gasteiger partial charge on any atom is -0.496 e. The van der Waals surface area contributed by atoms with E-state index >= 15 is 0 Å². The highest BCUT2D eigenvalue weighted by Crippen LogP contribution is 2.33. The number of aliphatic hydroxyl groups excluding tert-OH is 2. The van der Waals surface area contributed by atoms with Gasteiger partial charge in [0.15, 0.2) is 0 Å². The number of para-hydroxylation sites is 1. The molecule has 0 saturated heterocycles. The molecule has 0 radical (unpaired) electrons. The Balaban J connectivity index is 2.95. The SMILES string of the molecule is COc1ccccc1CC(CO)(CO)CC(C)C. The van der Waals surface area contributed by atoms with Gasteiger partial charge in [-0.05, 0) is 30.4 Å². The minimum absolute atomic E-state index is 0.0142. The van der Waals surface area contributed by atoms with Gasteiger partial charge in [-0.25, -0.2) is 0 Å². The summed E-state index contributed by atoms with van der Waals surface area (Å²) >= 11 is 0. The molecular formula is C15H24O3. The number of aliphatic hydroxyl groups is 2. The third-order valence-corrected chi connectivity index (χ3v) is 3.27. The van der Waals surface area contributed by atoms with Crippen LogP contribution in [-0.2, 0) is 6.42 Å². The molecule has 3 heteroatoms. The third kappa shape index (κ3) is 3.72. The second-order valence-electron chi connectivity index (χ2n) is 5.40. The van der Waals surface area contributed by atoms with Gasteiger partial charge in [0.05, 0.1) is 20.3 Å². The monoisotopic (exact) mass is 252 g/mol. The maximum Gasteiger partial charge on any atom is 0.122 e. The van der Waals surface area contributed by atoms with Crippen LogP contribution in [0.15, 0.2) is 24.3 Å². The summed E-state index contributed by atoms with van der Waals surface area (Å²) in [5, 5.41) is 19.3. The molecule has 102 valence electrons. The van der Waals surface area contributed by atoms with Crippen LogP contribution >= 0.6 is 0 Å². The number of rotatable bonds is 7. The van der Waals surface area contributed by atoms with E-state index in [-0.39, 0.29) is 13.2 Å². The lowest BCUT2D eigenvalue weighted by atomic mass is 9.76. The molecule has 0 bridgehead atoms. The summed E-state index contributed by atoms with van der Waals surface area (Å²) in [5.74, 6) is 1.24. The molecule has 0 aliphatic carbocycles. The Bertz CT molecular complexity index is 357. The molecule has 2 N–H and O–H groups in total. The van der Waals surface area contributed by atoms with E-state index in [9.17, 15) is 10.2 Å². The molecule has 1 rings (SSSR count). The zero-order valence-electron chi connectivity index (χ0n) is 11.5. The van der Waals surface area contributed by atoms with Crippen LogP contribution in [0.2, 0.25) is 0 Å². The average Bonchev–Trinajstić information content (AvgIpc) is 2.38. The van der Waals surface area contributed by atoms with E-state index in [2.05, 4.69) is 13.8 Å². The van der Waals surface area contributed by atoms with Crippen molar-refractivity contribution in [2.24, 2.45) is 11.3 Å². The molecule has 0 aromatic heterocycles. The zero-order chi connectivity index (χ0) is 13.6. The summed E-state index contributed by atoms with van der Waals surface area (Å²) in [6.07, 6.45) is 1.42. The van der Waals surface area contributed by atoms with Crippen LogP contribution in [0, 0.1) is 11.3 Å². The van der Waals surface area contributed by atoms with Crippen LogP contribution in [0.3, 0.4) is 0 Å². The first-order valence-electron chi connectivity index (χ1n) is 6.40. The van der Waals surface area contributed by atoms with E-state index in [0.717, 1.165) is 17.7 Å². The van der Waals surface area contributed by atoms with Gasteiger partial charge in [-0.3, -0.25) is 0 Å². The van der Waals surface area contributed by atoms with Crippen molar-refractivity contribution in [3.05, 3.63) is 29.8 Å². The fraction of sp³-hybridized carbons (Fsp3) is 0.600. The van der Waals surface area contributed by atoms with Crippen LogP contribution in [0.1, 0.15) is 25.8 Å². The summed E-state index contributed by atoms with van der Waals surface area (Å²) in [4.78, 5) is 0. The van der Waals surface area contributed by atoms with Crippen molar-refractivity contribution in [2.45, 2.75) is 26.7 Å². The van der Waals surface area contributed by atoms with Crippen LogP contribution in [-0.4, -0.2) is 30.5 Å². The molecule has 0 fully saturated rings. The number of methoxy groups -OCH3 is 1. The molecule has 18 heavy (non-hydrogen) atoms. The maximum absolute atomic E-state index is 9.65. The number of benzene rings is 1. The number of hydrogen-bond acceptors (Lipinski definition) is 3. The van der Waals surface area contributed by atoms with Gasteiger partial charge in [0, 0.05) is 5.41 Å². The van der Waals surface area contributed by atoms with Crippen molar-refractivity contribution in [3.8, 4) is 5.75 Å². The summed E-state index contributed by atoms with van der Waals surface area (Å²) in [6, 6.07) is 7.76. The molecule has 1 aromatic carbocycles. The van der Waals surface area contributed by atoms with E-state index in [1.807, 2.05) is 24.3 Å². The molecule has 0 heterocycles. The van der Waals surface area contributed by atoms with Gasteiger partial charge >= 0.3 is 0 Å². The molecule has 0 amide bonds. The maximum atomic E-state index is 9.65. The molecule has 3 nitrogen and oxygen atoms in total. The highest BCUT2D eigenvalue weighted by molar-refractivity contribution is 5.34. The summed E-state index contributed by atoms with van der Waals surface area (Å²) < 4.78 is 5.32. The third-order valence-electron chi connectivity index (χ3n) is 3.27. The summed E-state index contributed by atoms with van der Waals surface area (Å²) in [5.41, 5.74) is 0.562. The fourth-order valence-corrected chi connectivity index (χ4v) is 2.48. The van der Waals surface area contributed by atoms with Crippen LogP contribution in [0.5, 0.6) is 5.75 Å². The molecular weight excluding hydrogens is 228 g/mol. The quantitative estimate of drug-likeness (QED) is 0.782. The minimum atomic E-state index is -0.469. The predicted molar refractivity (Wildman–Crippen MR) is 72.8 cm³/mol. The second kappa shape index (κ2) is 6.76. The van der Waals surface area contributed by atoms with Crippen molar-refractivity contribution in [3.63, 3.8) is 0 Å². The standard InChI is InChI=1S/C15H24O3/c1-12(2)8-15(10-16,11-17)9-13-6-4-5-7-14(13)18-3/h4-7,12,16-17H,8-11H2,1-3H3. The van der Waals surface area contributed by atoms with Gasteiger partial charge in [0.25, 0.3) is 0 Å². The fourth-order valence-electron chi connectivity index (χ4n) is 2.48. The van der Waals surface area contributed by atoms with Gasteiger partial charge in [-0.1, -0.05) is 32.0 Å². The molecule has 0 aliphatic rings. The molecule has 0 unspecified atom stereocenters. The highest BCUT2D eigenvalue weighted by atomic mass is 16.5. The van der Waals surface area contributed by atoms with Crippen LogP contribution < -0.4 is 4.74 Å². The summed E-state index contributed by atoms with van der Waals surface area (Å²) in [6.45, 7) is 4.17. The number of ether oxygens (including phenoxy) is 1. The van der Waals surface area contributed by atoms with Crippen molar-refractivity contribution < 1.29 is 14.9 Å². The van der Waals surface area contributed by atoms with E-state index in [1.165, 1.54) is 0 Å². The van der Waals surface area contributed by atoms with Crippen molar-refractivity contribution in [1.82, 2.24) is 0 Å². The van der Waals surface area contributed by atoms with Crippen molar-refractivity contribution in [1.29, 1.82) is 0 Å². The first kappa shape index (κ1) is 15.0. The lowest BCUT2D eigenvalue weighted by Crippen LogP contribution is -2.34. The second-order valence-corrected chi connectivity index (χ2v) is 5.40. The highest BCUT2D eigenvalue weighted by Gasteiger charge is 2.31. The largest absolute Gasteiger partial charge is 0.496 e. The van der Waals surface area contributed by atoms with Crippen molar-refractivity contribution in [2.75, 3.05) is 20.3 Å². The Kier molecular flexibility index (Phi) is 5.63. The Morgan fingerprint density at radius 2 is 1.78 bits per heavy atom. The van der Waals surface area contributed by atoms with Gasteiger partial charge in [0.2, 0.25) is 0 Å². The topological polar surface area (TPSA) is 49.7 Å². The lowest BCUT2D eigenvalue weighted by Gasteiger charge is -2.32. The van der Waals surface area contributed by atoms with Gasteiger partial charge < -0.3 is 14.9 Å². The smallest absolute Gasteiger partial charge is 0.122 e. The normalized spacial score (nSPS) is 11.9. The molecule has 0 atom stereocenters. The average molecular weight is 252 g/mol. The lowest BCUT2D eigenvalue weighted by molar-refractivity contribution is 0.0365.